The Kier molecular flexibility index (Phi) is 2.44. The summed E-state index contributed by atoms with van der Waals surface area (Å²) >= 11 is 0. The van der Waals surface area contributed by atoms with Crippen molar-refractivity contribution in [3.8, 4) is 0 Å². The van der Waals surface area contributed by atoms with Gasteiger partial charge >= 0.3 is 5.97 Å². The van der Waals surface area contributed by atoms with Crippen LogP contribution in [0, 0.1) is 0 Å². The van der Waals surface area contributed by atoms with Gasteiger partial charge in [0.05, 0.1) is 0 Å². The number of carboxylic acids is 1. The zero-order valence-corrected chi connectivity index (χ0v) is 8.38. The maximum absolute atomic E-state index is 11.2. The number of nitrogens with zero attached hydrogens (tertiary/aromatic N) is 1. The van der Waals surface area contributed by atoms with Crippen LogP contribution in [0.1, 0.15) is 11.1 Å². The first-order valence-corrected chi connectivity index (χ1v) is 4.78. The van der Waals surface area contributed by atoms with Crippen LogP contribution in [0.4, 0.5) is 0 Å². The van der Waals surface area contributed by atoms with Gasteiger partial charge in [0.15, 0.2) is 6.04 Å². The van der Waals surface area contributed by atoms with E-state index < -0.39 is 17.9 Å². The molecule has 1 aromatic carbocycles. The Balaban J connectivity index is 2.53. The second-order valence-corrected chi connectivity index (χ2v) is 3.56. The van der Waals surface area contributed by atoms with Gasteiger partial charge in [0.2, 0.25) is 0 Å². The first-order valence-electron chi connectivity index (χ1n) is 4.78. The fraction of sp³-hybridized carbons (Fsp3) is 0.182. The van der Waals surface area contributed by atoms with Gasteiger partial charge in [-0.05, 0) is 5.56 Å². The summed E-state index contributed by atoms with van der Waals surface area (Å²) in [5, 5.41) is 8.90. The van der Waals surface area contributed by atoms with Crippen molar-refractivity contribution in [1.82, 2.24) is 0 Å². The van der Waals surface area contributed by atoms with Crippen LogP contribution in [-0.4, -0.2) is 28.7 Å². The van der Waals surface area contributed by atoms with E-state index in [1.807, 2.05) is 0 Å². The maximum atomic E-state index is 11.2. The van der Waals surface area contributed by atoms with Crippen LogP contribution >= 0.6 is 0 Å². The minimum Gasteiger partial charge on any atom is -0.480 e. The van der Waals surface area contributed by atoms with E-state index in [4.69, 9.17) is 10.8 Å². The predicted molar refractivity (Wildman–Crippen MR) is 57.3 cm³/mol. The highest BCUT2D eigenvalue weighted by molar-refractivity contribution is 6.45. The molecular formula is C11H10N2O3. The molecule has 0 saturated heterocycles. The number of benzene rings is 1. The molecule has 0 bridgehead atoms. The molecule has 1 atom stereocenters. The van der Waals surface area contributed by atoms with E-state index >= 15 is 0 Å². The molecule has 0 saturated carbocycles. The summed E-state index contributed by atoms with van der Waals surface area (Å²) in [4.78, 5) is 25.9. The van der Waals surface area contributed by atoms with Gasteiger partial charge in [0.1, 0.15) is 5.71 Å². The first-order chi connectivity index (χ1) is 7.59. The molecular weight excluding hydrogens is 208 g/mol. The monoisotopic (exact) mass is 218 g/mol. The van der Waals surface area contributed by atoms with Gasteiger partial charge in [-0.25, -0.2) is 4.79 Å². The minimum absolute atomic E-state index is 0.0502. The predicted octanol–water partition coefficient (Wildman–Crippen LogP) is -0.0297. The number of hydrogen-bond acceptors (Lipinski definition) is 3. The number of fused-ring (bicyclic) bond motifs is 1. The highest BCUT2D eigenvalue weighted by atomic mass is 16.4. The standard InChI is InChI=1S/C11H10N2O3/c12-10(14)9-7-4-2-1-3-6(7)5-8(13-9)11(15)16/h1-4,8H,5H2,(H2,12,14)(H,15,16). The quantitative estimate of drug-likeness (QED) is 0.730. The lowest BCUT2D eigenvalue weighted by molar-refractivity contribution is -0.138. The lowest BCUT2D eigenvalue weighted by atomic mass is 9.93. The Labute approximate surface area is 91.6 Å². The third-order valence-electron chi connectivity index (χ3n) is 2.49. The lowest BCUT2D eigenvalue weighted by Gasteiger charge is -2.19. The van der Waals surface area contributed by atoms with Crippen molar-refractivity contribution in [3.63, 3.8) is 0 Å². The minimum atomic E-state index is -1.05. The zero-order valence-electron chi connectivity index (χ0n) is 8.38. The van der Waals surface area contributed by atoms with Crippen molar-refractivity contribution >= 4 is 17.6 Å². The number of nitrogens with two attached hydrogens (primary N) is 1. The molecule has 5 nitrogen and oxygen atoms in total. The number of primary amides is 1. The van der Waals surface area contributed by atoms with Crippen LogP contribution in [0.25, 0.3) is 0 Å². The fourth-order valence-electron chi connectivity index (χ4n) is 1.75. The molecule has 0 aromatic heterocycles. The topological polar surface area (TPSA) is 92.8 Å². The van der Waals surface area contributed by atoms with E-state index in [1.54, 1.807) is 24.3 Å². The Morgan fingerprint density at radius 3 is 2.69 bits per heavy atom. The number of carbonyl (C=O) groups excluding carboxylic acids is 1. The third kappa shape index (κ3) is 1.67. The van der Waals surface area contributed by atoms with Crippen molar-refractivity contribution in [2.75, 3.05) is 0 Å². The largest absolute Gasteiger partial charge is 0.480 e. The molecule has 82 valence electrons. The Hall–Kier alpha value is -2.17. The number of carbonyl (C=O) groups is 2. The second-order valence-electron chi connectivity index (χ2n) is 3.56. The van der Waals surface area contributed by atoms with Crippen LogP contribution in [0.5, 0.6) is 0 Å². The van der Waals surface area contributed by atoms with E-state index in [0.717, 1.165) is 5.56 Å². The van der Waals surface area contributed by atoms with Crippen LogP contribution in [0.3, 0.4) is 0 Å². The highest BCUT2D eigenvalue weighted by Crippen LogP contribution is 2.19. The van der Waals surface area contributed by atoms with Crippen molar-refractivity contribution in [3.05, 3.63) is 35.4 Å². The van der Waals surface area contributed by atoms with E-state index in [9.17, 15) is 9.59 Å². The molecule has 3 N–H and O–H groups in total. The molecule has 1 aliphatic rings. The van der Waals surface area contributed by atoms with Gasteiger partial charge in [0.25, 0.3) is 5.91 Å². The molecule has 1 aromatic rings. The molecule has 16 heavy (non-hydrogen) atoms. The first kappa shape index (κ1) is 10.4. The number of carboxylic acid groups (broad SMARTS) is 1. The number of amides is 1. The number of aliphatic carboxylic acids is 1. The Morgan fingerprint density at radius 1 is 1.38 bits per heavy atom. The van der Waals surface area contributed by atoms with Gasteiger partial charge in [0, 0.05) is 12.0 Å². The smallest absolute Gasteiger partial charge is 0.328 e. The molecule has 1 amide bonds. The van der Waals surface area contributed by atoms with E-state index in [-0.39, 0.29) is 5.71 Å². The number of aliphatic imine (C=N–C) groups is 1. The van der Waals surface area contributed by atoms with Crippen LogP contribution in [0.2, 0.25) is 0 Å². The maximum Gasteiger partial charge on any atom is 0.328 e. The van der Waals surface area contributed by atoms with Gasteiger partial charge in [-0.3, -0.25) is 9.79 Å². The summed E-state index contributed by atoms with van der Waals surface area (Å²) in [6.07, 6.45) is 0.294. The molecule has 1 aliphatic heterocycles. The van der Waals surface area contributed by atoms with Crippen LogP contribution in [0.15, 0.2) is 29.3 Å². The van der Waals surface area contributed by atoms with E-state index in [2.05, 4.69) is 4.99 Å². The molecule has 0 aliphatic carbocycles. The lowest BCUT2D eigenvalue weighted by Crippen LogP contribution is -2.34. The number of hydrogen-bond donors (Lipinski definition) is 2. The summed E-state index contributed by atoms with van der Waals surface area (Å²) in [6.45, 7) is 0. The number of rotatable bonds is 2. The highest BCUT2D eigenvalue weighted by Gasteiger charge is 2.27. The van der Waals surface area contributed by atoms with Crippen molar-refractivity contribution in [2.24, 2.45) is 10.7 Å². The van der Waals surface area contributed by atoms with Gasteiger partial charge in [-0.1, -0.05) is 24.3 Å². The average Bonchev–Trinajstić information content (AvgIpc) is 2.27. The summed E-state index contributed by atoms with van der Waals surface area (Å²) in [5.74, 6) is -1.74. The summed E-state index contributed by atoms with van der Waals surface area (Å²) in [6, 6.07) is 6.14. The fourth-order valence-corrected chi connectivity index (χ4v) is 1.75. The van der Waals surface area contributed by atoms with Crippen LogP contribution < -0.4 is 5.73 Å². The molecule has 0 spiro atoms. The normalized spacial score (nSPS) is 18.5. The molecule has 1 heterocycles. The van der Waals surface area contributed by atoms with E-state index in [1.165, 1.54) is 0 Å². The Morgan fingerprint density at radius 2 is 2.06 bits per heavy atom. The van der Waals surface area contributed by atoms with Gasteiger partial charge < -0.3 is 10.8 Å². The van der Waals surface area contributed by atoms with Crippen LogP contribution in [-0.2, 0) is 16.0 Å². The molecule has 0 radical (unpaired) electrons. The van der Waals surface area contributed by atoms with Gasteiger partial charge in [-0.2, -0.15) is 0 Å². The second kappa shape index (κ2) is 3.77. The molecule has 5 heteroatoms. The molecule has 0 fully saturated rings. The van der Waals surface area contributed by atoms with Gasteiger partial charge in [-0.15, -0.1) is 0 Å². The zero-order chi connectivity index (χ0) is 11.7. The van der Waals surface area contributed by atoms with Crippen molar-refractivity contribution in [1.29, 1.82) is 0 Å². The molecule has 2 rings (SSSR count). The summed E-state index contributed by atoms with van der Waals surface area (Å²) in [5.41, 5.74) is 6.65. The summed E-state index contributed by atoms with van der Waals surface area (Å²) in [7, 11) is 0. The van der Waals surface area contributed by atoms with Crippen molar-refractivity contribution < 1.29 is 14.7 Å². The third-order valence-corrected chi connectivity index (χ3v) is 2.49. The summed E-state index contributed by atoms with van der Waals surface area (Å²) < 4.78 is 0. The Bertz CT molecular complexity index is 494. The van der Waals surface area contributed by atoms with E-state index in [0.29, 0.717) is 12.0 Å². The average molecular weight is 218 g/mol. The van der Waals surface area contributed by atoms with Crippen molar-refractivity contribution in [2.45, 2.75) is 12.5 Å². The molecule has 1 unspecified atom stereocenters. The SMILES string of the molecule is NC(=O)C1=NC(C(=O)O)Cc2ccccc21.